The van der Waals surface area contributed by atoms with Gasteiger partial charge in [-0.05, 0) is 0 Å². The van der Waals surface area contributed by atoms with Crippen LogP contribution in [0.4, 0.5) is 0 Å². The van der Waals surface area contributed by atoms with Crippen LogP contribution in [-0.4, -0.2) is 62.4 Å². The van der Waals surface area contributed by atoms with E-state index in [2.05, 4.69) is 5.32 Å². The van der Waals surface area contributed by atoms with Gasteiger partial charge in [0.2, 0.25) is 5.91 Å². The first kappa shape index (κ1) is 11.8. The molecule has 1 spiro atoms. The van der Waals surface area contributed by atoms with Crippen LogP contribution in [0.25, 0.3) is 0 Å². The van der Waals surface area contributed by atoms with E-state index < -0.39 is 0 Å². The summed E-state index contributed by atoms with van der Waals surface area (Å²) >= 11 is 0. The molecule has 5 heteroatoms. The van der Waals surface area contributed by atoms with Crippen LogP contribution < -0.4 is 5.32 Å². The maximum atomic E-state index is 11.7. The molecule has 2 heterocycles. The molecule has 0 aliphatic carbocycles. The normalized spacial score (nSPS) is 31.4. The maximum absolute atomic E-state index is 11.7. The van der Waals surface area contributed by atoms with Gasteiger partial charge in [-0.15, -0.1) is 0 Å². The van der Waals surface area contributed by atoms with Gasteiger partial charge in [0, 0.05) is 26.1 Å². The van der Waals surface area contributed by atoms with Gasteiger partial charge >= 0.3 is 0 Å². The van der Waals surface area contributed by atoms with Crippen LogP contribution in [0, 0.1) is 0 Å². The van der Waals surface area contributed by atoms with Gasteiger partial charge in [-0.2, -0.15) is 0 Å². The summed E-state index contributed by atoms with van der Waals surface area (Å²) in [4.78, 5) is 13.6. The number of hydrogen-bond donors (Lipinski definition) is 1. The first-order chi connectivity index (χ1) is 7.76. The van der Waals surface area contributed by atoms with Gasteiger partial charge in [0.25, 0.3) is 0 Å². The first-order valence-corrected chi connectivity index (χ1v) is 5.96. The van der Waals surface area contributed by atoms with E-state index in [4.69, 9.17) is 9.47 Å². The van der Waals surface area contributed by atoms with Crippen LogP contribution >= 0.6 is 0 Å². The number of morpholine rings is 1. The van der Waals surface area contributed by atoms with Crippen molar-refractivity contribution in [2.45, 2.75) is 18.9 Å². The van der Waals surface area contributed by atoms with Gasteiger partial charge in [-0.1, -0.05) is 6.92 Å². The summed E-state index contributed by atoms with van der Waals surface area (Å²) in [6.07, 6.45) is 0.545. The Balaban J connectivity index is 2.04. The van der Waals surface area contributed by atoms with Gasteiger partial charge in [-0.25, -0.2) is 0 Å². The first-order valence-electron chi connectivity index (χ1n) is 5.96. The predicted octanol–water partition coefficient (Wildman–Crippen LogP) is -0.386. The minimum atomic E-state index is -0.334. The lowest BCUT2D eigenvalue weighted by atomic mass is 10.0. The van der Waals surface area contributed by atoms with E-state index in [0.29, 0.717) is 39.3 Å². The summed E-state index contributed by atoms with van der Waals surface area (Å²) in [6.45, 7) is 6.73. The third-order valence-electron chi connectivity index (χ3n) is 3.14. The Bertz CT molecular complexity index is 252. The molecule has 0 aromatic carbocycles. The summed E-state index contributed by atoms with van der Waals surface area (Å²) in [7, 11) is 0. The van der Waals surface area contributed by atoms with Crippen LogP contribution in [0.3, 0.4) is 0 Å². The fourth-order valence-electron chi connectivity index (χ4n) is 2.24. The van der Waals surface area contributed by atoms with Crippen molar-refractivity contribution in [1.82, 2.24) is 10.2 Å². The van der Waals surface area contributed by atoms with Crippen molar-refractivity contribution >= 4 is 5.91 Å². The standard InChI is InChI=1S/C11H20N2O3/c1-2-10(14)13-4-6-15-9-11(8-13)7-12-3-5-16-11/h12H,2-9H2,1H3. The molecule has 1 atom stereocenters. The second kappa shape index (κ2) is 5.12. The summed E-state index contributed by atoms with van der Waals surface area (Å²) < 4.78 is 11.4. The molecule has 92 valence electrons. The third-order valence-corrected chi connectivity index (χ3v) is 3.14. The molecule has 2 saturated heterocycles. The quantitative estimate of drug-likeness (QED) is 0.664. The highest BCUT2D eigenvalue weighted by Crippen LogP contribution is 2.19. The molecule has 1 N–H and O–H groups in total. The average molecular weight is 228 g/mol. The van der Waals surface area contributed by atoms with E-state index in [-0.39, 0.29) is 11.5 Å². The van der Waals surface area contributed by atoms with Crippen LogP contribution in [0.15, 0.2) is 0 Å². The van der Waals surface area contributed by atoms with E-state index >= 15 is 0 Å². The third kappa shape index (κ3) is 2.53. The molecule has 5 nitrogen and oxygen atoms in total. The number of nitrogens with zero attached hydrogens (tertiary/aromatic N) is 1. The zero-order valence-corrected chi connectivity index (χ0v) is 9.83. The van der Waals surface area contributed by atoms with Crippen molar-refractivity contribution < 1.29 is 14.3 Å². The zero-order valence-electron chi connectivity index (χ0n) is 9.83. The Hall–Kier alpha value is -0.650. The molecule has 0 aromatic rings. The molecule has 0 aromatic heterocycles. The van der Waals surface area contributed by atoms with Gasteiger partial charge < -0.3 is 19.7 Å². The number of ether oxygens (including phenoxy) is 2. The molecule has 1 amide bonds. The minimum absolute atomic E-state index is 0.180. The Labute approximate surface area is 96.1 Å². The Morgan fingerprint density at radius 1 is 1.50 bits per heavy atom. The summed E-state index contributed by atoms with van der Waals surface area (Å²) in [5.41, 5.74) is -0.334. The highest BCUT2D eigenvalue weighted by Gasteiger charge is 2.38. The molecule has 16 heavy (non-hydrogen) atoms. The summed E-state index contributed by atoms with van der Waals surface area (Å²) in [6, 6.07) is 0. The number of hydrogen-bond acceptors (Lipinski definition) is 4. The molecular weight excluding hydrogens is 208 g/mol. The van der Waals surface area contributed by atoms with Crippen LogP contribution in [0.5, 0.6) is 0 Å². The van der Waals surface area contributed by atoms with Crippen molar-refractivity contribution in [1.29, 1.82) is 0 Å². The lowest BCUT2D eigenvalue weighted by Gasteiger charge is -2.38. The predicted molar refractivity (Wildman–Crippen MR) is 59.2 cm³/mol. The zero-order chi connectivity index (χ0) is 11.4. The lowest BCUT2D eigenvalue weighted by Crippen LogP contribution is -2.58. The fraction of sp³-hybridized carbons (Fsp3) is 0.909. The molecule has 2 aliphatic heterocycles. The van der Waals surface area contributed by atoms with Crippen LogP contribution in [0.1, 0.15) is 13.3 Å². The number of rotatable bonds is 1. The largest absolute Gasteiger partial charge is 0.376 e. The highest BCUT2D eigenvalue weighted by atomic mass is 16.5. The maximum Gasteiger partial charge on any atom is 0.222 e. The van der Waals surface area contributed by atoms with Crippen molar-refractivity contribution in [2.75, 3.05) is 46.0 Å². The van der Waals surface area contributed by atoms with E-state index in [0.717, 1.165) is 13.1 Å². The number of carbonyl (C=O) groups is 1. The second-order valence-corrected chi connectivity index (χ2v) is 4.43. The fourth-order valence-corrected chi connectivity index (χ4v) is 2.24. The molecule has 1 unspecified atom stereocenters. The SMILES string of the molecule is CCC(=O)N1CCOCC2(CNCCO2)C1. The van der Waals surface area contributed by atoms with Crippen LogP contribution in [0.2, 0.25) is 0 Å². The van der Waals surface area contributed by atoms with Gasteiger partial charge in [-0.3, -0.25) is 4.79 Å². The molecular formula is C11H20N2O3. The summed E-state index contributed by atoms with van der Waals surface area (Å²) in [5.74, 6) is 0.180. The number of nitrogens with one attached hydrogen (secondary N) is 1. The molecule has 2 fully saturated rings. The smallest absolute Gasteiger partial charge is 0.222 e. The molecule has 0 saturated carbocycles. The topological polar surface area (TPSA) is 50.8 Å². The molecule has 0 radical (unpaired) electrons. The van der Waals surface area contributed by atoms with Crippen molar-refractivity contribution in [2.24, 2.45) is 0 Å². The molecule has 2 rings (SSSR count). The number of amides is 1. The lowest BCUT2D eigenvalue weighted by molar-refractivity contribution is -0.138. The Morgan fingerprint density at radius 2 is 2.38 bits per heavy atom. The molecule has 2 aliphatic rings. The van der Waals surface area contributed by atoms with Gasteiger partial charge in [0.1, 0.15) is 5.60 Å². The van der Waals surface area contributed by atoms with Crippen molar-refractivity contribution in [3.63, 3.8) is 0 Å². The van der Waals surface area contributed by atoms with Crippen molar-refractivity contribution in [3.8, 4) is 0 Å². The average Bonchev–Trinajstić information content (AvgIpc) is 2.52. The Kier molecular flexibility index (Phi) is 3.78. The van der Waals surface area contributed by atoms with Gasteiger partial charge in [0.05, 0.1) is 26.4 Å². The molecule has 0 bridgehead atoms. The van der Waals surface area contributed by atoms with E-state index in [1.807, 2.05) is 11.8 Å². The van der Waals surface area contributed by atoms with Crippen molar-refractivity contribution in [3.05, 3.63) is 0 Å². The van der Waals surface area contributed by atoms with E-state index in [9.17, 15) is 4.79 Å². The van der Waals surface area contributed by atoms with E-state index in [1.165, 1.54) is 0 Å². The minimum Gasteiger partial charge on any atom is -0.376 e. The second-order valence-electron chi connectivity index (χ2n) is 4.43. The monoisotopic (exact) mass is 228 g/mol. The van der Waals surface area contributed by atoms with Gasteiger partial charge in [0.15, 0.2) is 0 Å². The van der Waals surface area contributed by atoms with E-state index in [1.54, 1.807) is 0 Å². The number of carbonyl (C=O) groups excluding carboxylic acids is 1. The summed E-state index contributed by atoms with van der Waals surface area (Å²) in [5, 5.41) is 3.31. The van der Waals surface area contributed by atoms with Crippen LogP contribution in [-0.2, 0) is 14.3 Å². The highest BCUT2D eigenvalue weighted by molar-refractivity contribution is 5.75. The Morgan fingerprint density at radius 3 is 3.06 bits per heavy atom.